The van der Waals surface area contributed by atoms with E-state index in [9.17, 15) is 18.0 Å². The molecule has 2 heterocycles. The highest BCUT2D eigenvalue weighted by Gasteiger charge is 2.31. The molecule has 1 unspecified atom stereocenters. The first kappa shape index (κ1) is 22.0. The lowest BCUT2D eigenvalue weighted by Gasteiger charge is -2.23. The molecular weight excluding hydrogens is 448 g/mol. The second kappa shape index (κ2) is 9.54. The molecule has 1 N–H and O–H groups in total. The number of hydrogen-bond donors (Lipinski definition) is 1. The maximum Gasteiger partial charge on any atom is 0.338 e. The zero-order valence-corrected chi connectivity index (χ0v) is 18.8. The highest BCUT2D eigenvalue weighted by molar-refractivity contribution is 7.92. The van der Waals surface area contributed by atoms with Crippen LogP contribution in [-0.2, 0) is 19.6 Å². The van der Waals surface area contributed by atoms with E-state index >= 15 is 0 Å². The molecule has 1 fully saturated rings. The molecular formula is C23H22N2O5S2. The van der Waals surface area contributed by atoms with Crippen LogP contribution in [0.15, 0.2) is 77.0 Å². The number of amides is 1. The van der Waals surface area contributed by atoms with Gasteiger partial charge in [0.2, 0.25) is 0 Å². The van der Waals surface area contributed by atoms with Crippen molar-refractivity contribution in [3.8, 4) is 0 Å². The van der Waals surface area contributed by atoms with Crippen LogP contribution < -0.4 is 4.72 Å². The number of thiophene rings is 1. The van der Waals surface area contributed by atoms with Crippen LogP contribution >= 0.6 is 11.3 Å². The molecule has 1 aliphatic heterocycles. The molecule has 0 spiro atoms. The van der Waals surface area contributed by atoms with Crippen LogP contribution in [0.3, 0.4) is 0 Å². The first-order valence-electron chi connectivity index (χ1n) is 10.1. The van der Waals surface area contributed by atoms with Gasteiger partial charge in [-0.05, 0) is 60.7 Å². The third-order valence-corrected chi connectivity index (χ3v) is 7.57. The van der Waals surface area contributed by atoms with Crippen molar-refractivity contribution in [2.24, 2.45) is 0 Å². The van der Waals surface area contributed by atoms with Gasteiger partial charge in [0.1, 0.15) is 0 Å². The number of hydrogen-bond acceptors (Lipinski definition) is 6. The van der Waals surface area contributed by atoms with Gasteiger partial charge in [-0.15, -0.1) is 11.3 Å². The molecule has 0 aliphatic carbocycles. The molecule has 0 bridgehead atoms. The third kappa shape index (κ3) is 5.00. The number of likely N-dealkylation sites (tertiary alicyclic amines) is 1. The van der Waals surface area contributed by atoms with Gasteiger partial charge < -0.3 is 9.64 Å². The summed E-state index contributed by atoms with van der Waals surface area (Å²) in [5.41, 5.74) is 0.616. The lowest BCUT2D eigenvalue weighted by Crippen LogP contribution is -2.34. The van der Waals surface area contributed by atoms with Crippen LogP contribution in [0.4, 0.5) is 5.69 Å². The predicted octanol–water partition coefficient (Wildman–Crippen LogP) is 4.07. The van der Waals surface area contributed by atoms with Crippen LogP contribution in [-0.4, -0.2) is 38.3 Å². The molecule has 7 nitrogen and oxygen atoms in total. The summed E-state index contributed by atoms with van der Waals surface area (Å²) in [6.07, 6.45) is 1.81. The Hall–Kier alpha value is -3.17. The van der Waals surface area contributed by atoms with E-state index < -0.39 is 16.0 Å². The molecule has 2 aromatic carbocycles. The topological polar surface area (TPSA) is 92.8 Å². The van der Waals surface area contributed by atoms with E-state index in [1.807, 2.05) is 17.5 Å². The molecule has 166 valence electrons. The van der Waals surface area contributed by atoms with Crippen molar-refractivity contribution in [1.29, 1.82) is 0 Å². The van der Waals surface area contributed by atoms with Crippen LogP contribution in [0.1, 0.15) is 34.1 Å². The molecule has 1 aromatic heterocycles. The Morgan fingerprint density at radius 2 is 1.78 bits per heavy atom. The summed E-state index contributed by atoms with van der Waals surface area (Å²) < 4.78 is 32.7. The third-order valence-electron chi connectivity index (χ3n) is 5.20. The number of ether oxygens (including phenoxy) is 1. The number of nitrogens with one attached hydrogen (secondary N) is 1. The number of benzene rings is 2. The Labute approximate surface area is 190 Å². The van der Waals surface area contributed by atoms with Crippen LogP contribution in [0, 0.1) is 0 Å². The average Bonchev–Trinajstić information content (AvgIpc) is 3.49. The maximum absolute atomic E-state index is 12.6. The zero-order chi connectivity index (χ0) is 22.6. The van der Waals surface area contributed by atoms with Crippen molar-refractivity contribution in [3.05, 3.63) is 82.6 Å². The standard InChI is InChI=1S/C23H22N2O5S2/c26-22(25-14-4-8-20(25)21-9-5-15-31-21)16-30-23(27)17-10-12-19(13-11-17)32(28,29)24-18-6-2-1-3-7-18/h1-3,5-7,9-13,15,20,24H,4,8,14,16H2. The highest BCUT2D eigenvalue weighted by atomic mass is 32.2. The molecule has 32 heavy (non-hydrogen) atoms. The van der Waals surface area contributed by atoms with E-state index in [1.165, 1.54) is 24.3 Å². The fourth-order valence-corrected chi connectivity index (χ4v) is 5.56. The Balaban J connectivity index is 1.35. The lowest BCUT2D eigenvalue weighted by molar-refractivity contribution is -0.135. The number of rotatable bonds is 7. The SMILES string of the molecule is O=C(OCC(=O)N1CCCC1c1cccs1)c1ccc(S(=O)(=O)Nc2ccccc2)cc1. The molecule has 1 saturated heterocycles. The Bertz CT molecular complexity index is 1180. The molecule has 0 saturated carbocycles. The molecule has 0 radical (unpaired) electrons. The van der Waals surface area contributed by atoms with E-state index in [2.05, 4.69) is 4.72 Å². The van der Waals surface area contributed by atoms with E-state index in [0.29, 0.717) is 12.2 Å². The van der Waals surface area contributed by atoms with Crippen molar-refractivity contribution in [1.82, 2.24) is 4.90 Å². The molecule has 3 aromatic rings. The van der Waals surface area contributed by atoms with Crippen LogP contribution in [0.25, 0.3) is 0 Å². The van der Waals surface area contributed by atoms with Gasteiger partial charge in [-0.2, -0.15) is 0 Å². The van der Waals surface area contributed by atoms with Gasteiger partial charge in [0, 0.05) is 17.1 Å². The van der Waals surface area contributed by atoms with Gasteiger partial charge in [-0.3, -0.25) is 9.52 Å². The quantitative estimate of drug-likeness (QED) is 0.526. The molecule has 1 aliphatic rings. The van der Waals surface area contributed by atoms with Gasteiger partial charge in [0.15, 0.2) is 6.61 Å². The van der Waals surface area contributed by atoms with Crippen molar-refractivity contribution in [2.75, 3.05) is 17.9 Å². The largest absolute Gasteiger partial charge is 0.452 e. The fourth-order valence-electron chi connectivity index (χ4n) is 3.63. The number of esters is 1. The van der Waals surface area contributed by atoms with Gasteiger partial charge >= 0.3 is 5.97 Å². The second-order valence-corrected chi connectivity index (χ2v) is 9.99. The average molecular weight is 471 g/mol. The van der Waals surface area contributed by atoms with E-state index in [-0.39, 0.29) is 29.0 Å². The van der Waals surface area contributed by atoms with Crippen LogP contribution in [0.2, 0.25) is 0 Å². The first-order valence-corrected chi connectivity index (χ1v) is 12.5. The van der Waals surface area contributed by atoms with Crippen molar-refractivity contribution < 1.29 is 22.7 Å². The Kier molecular flexibility index (Phi) is 6.57. The van der Waals surface area contributed by atoms with Gasteiger partial charge in [0.25, 0.3) is 15.9 Å². The number of para-hydroxylation sites is 1. The molecule has 4 rings (SSSR count). The van der Waals surface area contributed by atoms with E-state index in [4.69, 9.17) is 4.74 Å². The summed E-state index contributed by atoms with van der Waals surface area (Å²) in [6.45, 7) is 0.288. The molecule has 1 amide bonds. The summed E-state index contributed by atoms with van der Waals surface area (Å²) in [5.74, 6) is -0.911. The van der Waals surface area contributed by atoms with Crippen molar-refractivity contribution in [2.45, 2.75) is 23.8 Å². The van der Waals surface area contributed by atoms with Crippen molar-refractivity contribution in [3.63, 3.8) is 0 Å². The predicted molar refractivity (Wildman–Crippen MR) is 122 cm³/mol. The summed E-state index contributed by atoms with van der Waals surface area (Å²) in [4.78, 5) is 27.9. The number of carbonyl (C=O) groups excluding carboxylic acids is 2. The summed E-state index contributed by atoms with van der Waals surface area (Å²) in [5, 5.41) is 1.98. The monoisotopic (exact) mass is 470 g/mol. The fraction of sp³-hybridized carbons (Fsp3) is 0.217. The number of carbonyl (C=O) groups is 2. The van der Waals surface area contributed by atoms with Gasteiger partial charge in [-0.1, -0.05) is 24.3 Å². The maximum atomic E-state index is 12.6. The normalized spacial score (nSPS) is 16.0. The lowest BCUT2D eigenvalue weighted by atomic mass is 10.2. The number of sulfonamides is 1. The summed E-state index contributed by atoms with van der Waals surface area (Å²) in [7, 11) is -3.78. The number of anilines is 1. The minimum absolute atomic E-state index is 0.0184. The Morgan fingerprint density at radius 1 is 1.03 bits per heavy atom. The smallest absolute Gasteiger partial charge is 0.338 e. The van der Waals surface area contributed by atoms with Gasteiger partial charge in [0.05, 0.1) is 16.5 Å². The Morgan fingerprint density at radius 3 is 2.47 bits per heavy atom. The number of nitrogens with zero attached hydrogens (tertiary/aromatic N) is 1. The minimum atomic E-state index is -3.78. The molecule has 9 heteroatoms. The van der Waals surface area contributed by atoms with Crippen molar-refractivity contribution >= 4 is 38.9 Å². The molecule has 1 atom stereocenters. The summed E-state index contributed by atoms with van der Waals surface area (Å²) >= 11 is 1.61. The van der Waals surface area contributed by atoms with Crippen LogP contribution in [0.5, 0.6) is 0 Å². The first-order chi connectivity index (χ1) is 15.4. The van der Waals surface area contributed by atoms with E-state index in [1.54, 1.807) is 46.6 Å². The highest BCUT2D eigenvalue weighted by Crippen LogP contribution is 2.34. The minimum Gasteiger partial charge on any atom is -0.452 e. The zero-order valence-electron chi connectivity index (χ0n) is 17.1. The van der Waals surface area contributed by atoms with E-state index in [0.717, 1.165) is 17.7 Å². The van der Waals surface area contributed by atoms with Gasteiger partial charge in [-0.25, -0.2) is 13.2 Å². The summed E-state index contributed by atoms with van der Waals surface area (Å²) in [6, 6.07) is 17.9. The second-order valence-electron chi connectivity index (χ2n) is 7.33.